The van der Waals surface area contributed by atoms with Crippen LogP contribution in [-0.4, -0.2) is 57.6 Å². The van der Waals surface area contributed by atoms with Gasteiger partial charge in [0.25, 0.3) is 0 Å². The van der Waals surface area contributed by atoms with Crippen molar-refractivity contribution in [1.29, 1.82) is 0 Å². The summed E-state index contributed by atoms with van der Waals surface area (Å²) in [5.41, 5.74) is 5.41. The molecule has 0 N–H and O–H groups in total. The van der Waals surface area contributed by atoms with Crippen molar-refractivity contribution in [1.82, 2.24) is 19.6 Å². The molecule has 3 aromatic rings. The van der Waals surface area contributed by atoms with Gasteiger partial charge in [-0.3, -0.25) is 14.3 Å². The Morgan fingerprint density at radius 2 is 1.76 bits per heavy atom. The van der Waals surface area contributed by atoms with Crippen molar-refractivity contribution in [3.8, 4) is 11.1 Å². The Labute approximate surface area is 195 Å². The summed E-state index contributed by atoms with van der Waals surface area (Å²) in [6.45, 7) is 5.85. The average Bonchev–Trinajstić information content (AvgIpc) is 3.14. The van der Waals surface area contributed by atoms with Gasteiger partial charge in [0.1, 0.15) is 6.04 Å². The molecule has 6 nitrogen and oxygen atoms in total. The van der Waals surface area contributed by atoms with Gasteiger partial charge in [0.2, 0.25) is 11.8 Å². The van der Waals surface area contributed by atoms with Gasteiger partial charge in [0.05, 0.1) is 5.69 Å². The zero-order valence-corrected chi connectivity index (χ0v) is 19.7. The van der Waals surface area contributed by atoms with Crippen LogP contribution in [0.1, 0.15) is 29.8 Å². The first-order valence-electron chi connectivity index (χ1n) is 11.6. The average molecular weight is 445 g/mol. The molecule has 33 heavy (non-hydrogen) atoms. The standard InChI is InChI=1S/C27H32N4O2/c1-20-17-21(2)31(28-20)14-8-13-26(32)30-16-15-29(3)27(33)25(30)19-22-9-7-12-24(18-22)23-10-5-4-6-11-23/h4-7,9-12,17-18,25H,8,13-16,19H2,1-3H3/t25-/m1/s1. The number of hydrogen-bond acceptors (Lipinski definition) is 3. The number of piperazine rings is 1. The van der Waals surface area contributed by atoms with Gasteiger partial charge in [0, 0.05) is 45.2 Å². The van der Waals surface area contributed by atoms with Crippen molar-refractivity contribution in [2.45, 2.75) is 45.7 Å². The summed E-state index contributed by atoms with van der Waals surface area (Å²) in [6, 6.07) is 20.1. The van der Waals surface area contributed by atoms with E-state index in [0.29, 0.717) is 38.9 Å². The van der Waals surface area contributed by atoms with Crippen molar-refractivity contribution in [2.24, 2.45) is 0 Å². The Morgan fingerprint density at radius 3 is 2.48 bits per heavy atom. The van der Waals surface area contributed by atoms with Crippen LogP contribution in [0.4, 0.5) is 0 Å². The molecular formula is C27H32N4O2. The molecule has 6 heteroatoms. The van der Waals surface area contributed by atoms with E-state index in [0.717, 1.165) is 28.1 Å². The Bertz CT molecular complexity index is 1120. The normalized spacial score (nSPS) is 16.3. The van der Waals surface area contributed by atoms with E-state index in [1.165, 1.54) is 0 Å². The second kappa shape index (κ2) is 10.0. The number of amides is 2. The lowest BCUT2D eigenvalue weighted by molar-refractivity contribution is -0.150. The van der Waals surface area contributed by atoms with Crippen LogP contribution in [0.15, 0.2) is 60.7 Å². The van der Waals surface area contributed by atoms with Crippen LogP contribution in [-0.2, 0) is 22.6 Å². The van der Waals surface area contributed by atoms with E-state index in [9.17, 15) is 9.59 Å². The van der Waals surface area contributed by atoms with Crippen molar-refractivity contribution < 1.29 is 9.59 Å². The monoisotopic (exact) mass is 444 g/mol. The van der Waals surface area contributed by atoms with Crippen molar-refractivity contribution >= 4 is 11.8 Å². The minimum absolute atomic E-state index is 0.0123. The topological polar surface area (TPSA) is 58.4 Å². The van der Waals surface area contributed by atoms with Crippen LogP contribution >= 0.6 is 0 Å². The fourth-order valence-electron chi connectivity index (χ4n) is 4.56. The van der Waals surface area contributed by atoms with E-state index < -0.39 is 6.04 Å². The maximum atomic E-state index is 13.1. The predicted molar refractivity (Wildman–Crippen MR) is 130 cm³/mol. The van der Waals surface area contributed by atoms with Gasteiger partial charge in [-0.25, -0.2) is 0 Å². The molecule has 2 amide bonds. The van der Waals surface area contributed by atoms with E-state index in [1.807, 2.05) is 62.0 Å². The third kappa shape index (κ3) is 5.33. The maximum absolute atomic E-state index is 13.1. The van der Waals surface area contributed by atoms with Gasteiger partial charge in [-0.1, -0.05) is 54.6 Å². The number of hydrogen-bond donors (Lipinski definition) is 0. The summed E-state index contributed by atoms with van der Waals surface area (Å²) in [4.78, 5) is 29.7. The van der Waals surface area contributed by atoms with Crippen molar-refractivity contribution in [3.05, 3.63) is 77.6 Å². The molecule has 1 aromatic heterocycles. The molecule has 172 valence electrons. The molecule has 2 aromatic carbocycles. The molecule has 0 saturated carbocycles. The quantitative estimate of drug-likeness (QED) is 0.556. The summed E-state index contributed by atoms with van der Waals surface area (Å²) in [5.74, 6) is 0.0560. The molecule has 0 spiro atoms. The van der Waals surface area contributed by atoms with E-state index in [4.69, 9.17) is 0 Å². The van der Waals surface area contributed by atoms with E-state index in [1.54, 1.807) is 9.80 Å². The molecule has 1 atom stereocenters. The van der Waals surface area contributed by atoms with Gasteiger partial charge < -0.3 is 9.80 Å². The van der Waals surface area contributed by atoms with Crippen LogP contribution in [0.25, 0.3) is 11.1 Å². The highest BCUT2D eigenvalue weighted by Gasteiger charge is 2.35. The van der Waals surface area contributed by atoms with E-state index in [-0.39, 0.29) is 11.8 Å². The Kier molecular flexibility index (Phi) is 6.92. The SMILES string of the molecule is Cc1cc(C)n(CCCC(=O)N2CCN(C)C(=O)[C@H]2Cc2cccc(-c3ccccc3)c2)n1. The van der Waals surface area contributed by atoms with Crippen LogP contribution in [0.5, 0.6) is 0 Å². The molecule has 1 aliphatic rings. The molecule has 4 rings (SSSR count). The van der Waals surface area contributed by atoms with Gasteiger partial charge in [0.15, 0.2) is 0 Å². The second-order valence-electron chi connectivity index (χ2n) is 8.89. The van der Waals surface area contributed by atoms with Crippen molar-refractivity contribution in [2.75, 3.05) is 20.1 Å². The molecule has 0 bridgehead atoms. The van der Waals surface area contributed by atoms with Gasteiger partial charge in [-0.05, 0) is 43.0 Å². The van der Waals surface area contributed by atoms with Gasteiger partial charge >= 0.3 is 0 Å². The first-order chi connectivity index (χ1) is 15.9. The smallest absolute Gasteiger partial charge is 0.245 e. The molecule has 1 fully saturated rings. The maximum Gasteiger partial charge on any atom is 0.245 e. The summed E-state index contributed by atoms with van der Waals surface area (Å²) in [5, 5.41) is 4.48. The fraction of sp³-hybridized carbons (Fsp3) is 0.370. The summed E-state index contributed by atoms with van der Waals surface area (Å²) in [7, 11) is 1.82. The highest BCUT2D eigenvalue weighted by Crippen LogP contribution is 2.23. The Hall–Kier alpha value is -3.41. The van der Waals surface area contributed by atoms with E-state index >= 15 is 0 Å². The van der Waals surface area contributed by atoms with Crippen LogP contribution < -0.4 is 0 Å². The number of aryl methyl sites for hydroxylation is 3. The number of rotatable bonds is 7. The molecular weight excluding hydrogens is 412 g/mol. The summed E-state index contributed by atoms with van der Waals surface area (Å²) in [6.07, 6.45) is 1.64. The highest BCUT2D eigenvalue weighted by molar-refractivity contribution is 5.89. The molecule has 0 aliphatic carbocycles. The lowest BCUT2D eigenvalue weighted by atomic mass is 9.97. The highest BCUT2D eigenvalue weighted by atomic mass is 16.2. The summed E-state index contributed by atoms with van der Waals surface area (Å²) >= 11 is 0. The molecule has 1 aliphatic heterocycles. The summed E-state index contributed by atoms with van der Waals surface area (Å²) < 4.78 is 1.95. The third-order valence-electron chi connectivity index (χ3n) is 6.36. The Balaban J connectivity index is 1.46. The fourth-order valence-corrected chi connectivity index (χ4v) is 4.56. The second-order valence-corrected chi connectivity index (χ2v) is 8.89. The van der Waals surface area contributed by atoms with Crippen LogP contribution in [0.3, 0.4) is 0 Å². The predicted octanol–water partition coefficient (Wildman–Crippen LogP) is 3.86. The van der Waals surface area contributed by atoms with Crippen LogP contribution in [0, 0.1) is 13.8 Å². The van der Waals surface area contributed by atoms with Gasteiger partial charge in [-0.2, -0.15) is 5.10 Å². The van der Waals surface area contributed by atoms with E-state index in [2.05, 4.69) is 29.4 Å². The third-order valence-corrected chi connectivity index (χ3v) is 6.36. The molecule has 0 unspecified atom stereocenters. The number of likely N-dealkylation sites (N-methyl/N-ethyl adjacent to an activating group) is 1. The zero-order valence-electron chi connectivity index (χ0n) is 19.7. The first kappa shape index (κ1) is 22.8. The minimum atomic E-state index is -0.462. The van der Waals surface area contributed by atoms with Crippen molar-refractivity contribution in [3.63, 3.8) is 0 Å². The number of carbonyl (C=O) groups is 2. The number of nitrogens with zero attached hydrogens (tertiary/aromatic N) is 4. The minimum Gasteiger partial charge on any atom is -0.342 e. The number of carbonyl (C=O) groups excluding carboxylic acids is 2. The molecule has 1 saturated heterocycles. The zero-order chi connectivity index (χ0) is 23.4. The first-order valence-corrected chi connectivity index (χ1v) is 11.6. The lowest BCUT2D eigenvalue weighted by Gasteiger charge is -2.39. The lowest BCUT2D eigenvalue weighted by Crippen LogP contribution is -2.58. The number of aromatic nitrogens is 2. The van der Waals surface area contributed by atoms with Crippen LogP contribution in [0.2, 0.25) is 0 Å². The largest absolute Gasteiger partial charge is 0.342 e. The Morgan fingerprint density at radius 1 is 1.00 bits per heavy atom. The molecule has 0 radical (unpaired) electrons. The number of benzene rings is 2. The molecule has 2 heterocycles. The van der Waals surface area contributed by atoms with Gasteiger partial charge in [-0.15, -0.1) is 0 Å².